The molecule has 1 saturated carbocycles. The molecule has 0 aliphatic heterocycles. The number of pyridine rings is 1. The number of amides is 2. The van der Waals surface area contributed by atoms with Crippen molar-refractivity contribution in [2.24, 2.45) is 0 Å². The SMILES string of the molecule is O=C(NC1CCCC1)c1ccnc(C(=O)Nc2ccc(Br)cc2)c1. The lowest BCUT2D eigenvalue weighted by Gasteiger charge is -2.12. The predicted octanol–water partition coefficient (Wildman–Crippen LogP) is 3.77. The Morgan fingerprint density at radius 1 is 1.04 bits per heavy atom. The van der Waals surface area contributed by atoms with Gasteiger partial charge in [0.2, 0.25) is 0 Å². The van der Waals surface area contributed by atoms with Gasteiger partial charge in [-0.25, -0.2) is 0 Å². The molecular weight excluding hydrogens is 370 g/mol. The fourth-order valence-corrected chi connectivity index (χ4v) is 3.03. The number of hydrogen-bond acceptors (Lipinski definition) is 3. The molecule has 1 fully saturated rings. The Balaban J connectivity index is 1.68. The molecule has 0 saturated heterocycles. The zero-order valence-electron chi connectivity index (χ0n) is 13.1. The van der Waals surface area contributed by atoms with Crippen LogP contribution >= 0.6 is 15.9 Å². The van der Waals surface area contributed by atoms with E-state index in [1.165, 1.54) is 12.3 Å². The quantitative estimate of drug-likeness (QED) is 0.838. The van der Waals surface area contributed by atoms with Crippen molar-refractivity contribution in [2.75, 3.05) is 5.32 Å². The average molecular weight is 388 g/mol. The van der Waals surface area contributed by atoms with E-state index >= 15 is 0 Å². The van der Waals surface area contributed by atoms with Crippen molar-refractivity contribution in [1.82, 2.24) is 10.3 Å². The number of halogens is 1. The molecule has 1 aromatic heterocycles. The summed E-state index contributed by atoms with van der Waals surface area (Å²) in [5.74, 6) is -0.491. The molecule has 1 heterocycles. The molecule has 3 rings (SSSR count). The van der Waals surface area contributed by atoms with E-state index in [1.54, 1.807) is 18.2 Å². The largest absolute Gasteiger partial charge is 0.349 e. The Morgan fingerprint density at radius 2 is 1.75 bits per heavy atom. The summed E-state index contributed by atoms with van der Waals surface area (Å²) in [6, 6.07) is 10.7. The number of benzene rings is 1. The molecular formula is C18H18BrN3O2. The van der Waals surface area contributed by atoms with Crippen LogP contribution < -0.4 is 10.6 Å². The van der Waals surface area contributed by atoms with Gasteiger partial charge in [0.25, 0.3) is 11.8 Å². The van der Waals surface area contributed by atoms with Gasteiger partial charge in [-0.3, -0.25) is 14.6 Å². The highest BCUT2D eigenvalue weighted by Gasteiger charge is 2.19. The summed E-state index contributed by atoms with van der Waals surface area (Å²) in [6.07, 6.45) is 5.84. The number of aromatic nitrogens is 1. The van der Waals surface area contributed by atoms with Crippen LogP contribution in [0, 0.1) is 0 Å². The topological polar surface area (TPSA) is 71.1 Å². The third-order valence-electron chi connectivity index (χ3n) is 4.05. The zero-order valence-corrected chi connectivity index (χ0v) is 14.7. The number of nitrogens with one attached hydrogen (secondary N) is 2. The first-order chi connectivity index (χ1) is 11.6. The molecule has 1 aliphatic rings. The van der Waals surface area contributed by atoms with Gasteiger partial charge in [0.15, 0.2) is 0 Å². The summed E-state index contributed by atoms with van der Waals surface area (Å²) in [6.45, 7) is 0. The van der Waals surface area contributed by atoms with Gasteiger partial charge in [0, 0.05) is 28.0 Å². The van der Waals surface area contributed by atoms with Crippen molar-refractivity contribution in [2.45, 2.75) is 31.7 Å². The molecule has 24 heavy (non-hydrogen) atoms. The number of carbonyl (C=O) groups is 2. The van der Waals surface area contributed by atoms with Gasteiger partial charge in [-0.05, 0) is 49.2 Å². The minimum Gasteiger partial charge on any atom is -0.349 e. The van der Waals surface area contributed by atoms with E-state index in [9.17, 15) is 9.59 Å². The minimum atomic E-state index is -0.340. The normalized spacial score (nSPS) is 14.4. The summed E-state index contributed by atoms with van der Waals surface area (Å²) >= 11 is 3.35. The molecule has 0 atom stereocenters. The molecule has 2 N–H and O–H groups in total. The minimum absolute atomic E-state index is 0.151. The summed E-state index contributed by atoms with van der Waals surface area (Å²) in [4.78, 5) is 28.7. The van der Waals surface area contributed by atoms with Gasteiger partial charge < -0.3 is 10.6 Å². The average Bonchev–Trinajstić information content (AvgIpc) is 3.10. The standard InChI is InChI=1S/C18H18BrN3O2/c19-13-5-7-15(8-6-13)22-18(24)16-11-12(9-10-20-16)17(23)21-14-3-1-2-4-14/h5-11,14H,1-4H2,(H,21,23)(H,22,24). The van der Waals surface area contributed by atoms with Crippen LogP contribution in [0.2, 0.25) is 0 Å². The first-order valence-electron chi connectivity index (χ1n) is 7.95. The Morgan fingerprint density at radius 3 is 2.46 bits per heavy atom. The third kappa shape index (κ3) is 4.20. The van der Waals surface area contributed by atoms with Gasteiger partial charge in [0.05, 0.1) is 0 Å². The molecule has 124 valence electrons. The van der Waals surface area contributed by atoms with E-state index in [4.69, 9.17) is 0 Å². The Labute approximate surface area is 149 Å². The fourth-order valence-electron chi connectivity index (χ4n) is 2.76. The van der Waals surface area contributed by atoms with Crippen molar-refractivity contribution in [3.05, 3.63) is 58.3 Å². The molecule has 0 bridgehead atoms. The number of carbonyl (C=O) groups excluding carboxylic acids is 2. The van der Waals surface area contributed by atoms with Crippen LogP contribution in [0.1, 0.15) is 46.5 Å². The van der Waals surface area contributed by atoms with Crippen LogP contribution in [-0.2, 0) is 0 Å². The lowest BCUT2D eigenvalue weighted by atomic mass is 10.1. The first-order valence-corrected chi connectivity index (χ1v) is 8.75. The van der Waals surface area contributed by atoms with Crippen molar-refractivity contribution in [3.8, 4) is 0 Å². The van der Waals surface area contributed by atoms with E-state index in [2.05, 4.69) is 31.5 Å². The van der Waals surface area contributed by atoms with Crippen LogP contribution in [0.25, 0.3) is 0 Å². The van der Waals surface area contributed by atoms with Gasteiger partial charge in [-0.1, -0.05) is 28.8 Å². The highest BCUT2D eigenvalue weighted by Crippen LogP contribution is 2.18. The fraction of sp³-hybridized carbons (Fsp3) is 0.278. The lowest BCUT2D eigenvalue weighted by Crippen LogP contribution is -2.32. The molecule has 0 unspecified atom stereocenters. The zero-order chi connectivity index (χ0) is 16.9. The molecule has 5 nitrogen and oxygen atoms in total. The van der Waals surface area contributed by atoms with E-state index in [1.807, 2.05) is 12.1 Å². The number of anilines is 1. The smallest absolute Gasteiger partial charge is 0.274 e. The number of rotatable bonds is 4. The highest BCUT2D eigenvalue weighted by atomic mass is 79.9. The van der Waals surface area contributed by atoms with Crippen LogP contribution in [0.3, 0.4) is 0 Å². The Kier molecular flexibility index (Phi) is 5.25. The van der Waals surface area contributed by atoms with Crippen LogP contribution in [0.15, 0.2) is 47.1 Å². The van der Waals surface area contributed by atoms with Gasteiger partial charge in [-0.2, -0.15) is 0 Å². The second-order valence-corrected chi connectivity index (χ2v) is 6.76. The summed E-state index contributed by atoms with van der Waals surface area (Å²) in [7, 11) is 0. The van der Waals surface area contributed by atoms with Gasteiger partial charge in [-0.15, -0.1) is 0 Å². The van der Waals surface area contributed by atoms with E-state index < -0.39 is 0 Å². The lowest BCUT2D eigenvalue weighted by molar-refractivity contribution is 0.0937. The van der Waals surface area contributed by atoms with Crippen LogP contribution in [-0.4, -0.2) is 22.8 Å². The van der Waals surface area contributed by atoms with Gasteiger partial charge >= 0.3 is 0 Å². The van der Waals surface area contributed by atoms with Crippen LogP contribution in [0.4, 0.5) is 5.69 Å². The molecule has 1 aliphatic carbocycles. The van der Waals surface area contributed by atoms with Gasteiger partial charge in [0.1, 0.15) is 5.69 Å². The van der Waals surface area contributed by atoms with Crippen molar-refractivity contribution >= 4 is 33.4 Å². The van der Waals surface area contributed by atoms with Crippen LogP contribution in [0.5, 0.6) is 0 Å². The number of hydrogen-bond donors (Lipinski definition) is 2. The van der Waals surface area contributed by atoms with E-state index in [0.29, 0.717) is 11.3 Å². The number of nitrogens with zero attached hydrogens (tertiary/aromatic N) is 1. The second-order valence-electron chi connectivity index (χ2n) is 5.85. The Hall–Kier alpha value is -2.21. The summed E-state index contributed by atoms with van der Waals surface area (Å²) in [5, 5.41) is 5.78. The van der Waals surface area contributed by atoms with Crippen molar-refractivity contribution < 1.29 is 9.59 Å². The molecule has 1 aromatic carbocycles. The van der Waals surface area contributed by atoms with E-state index in [-0.39, 0.29) is 23.6 Å². The molecule has 0 spiro atoms. The maximum absolute atomic E-state index is 12.3. The maximum atomic E-state index is 12.3. The monoisotopic (exact) mass is 387 g/mol. The van der Waals surface area contributed by atoms with Crippen molar-refractivity contribution in [3.63, 3.8) is 0 Å². The second kappa shape index (κ2) is 7.57. The predicted molar refractivity (Wildman–Crippen MR) is 96.1 cm³/mol. The molecule has 2 amide bonds. The van der Waals surface area contributed by atoms with Crippen molar-refractivity contribution in [1.29, 1.82) is 0 Å². The molecule has 6 heteroatoms. The third-order valence-corrected chi connectivity index (χ3v) is 4.58. The summed E-state index contributed by atoms with van der Waals surface area (Å²) in [5.41, 5.74) is 1.35. The highest BCUT2D eigenvalue weighted by molar-refractivity contribution is 9.10. The molecule has 2 aromatic rings. The summed E-state index contributed by atoms with van der Waals surface area (Å²) < 4.78 is 0.934. The first kappa shape index (κ1) is 16.6. The Bertz CT molecular complexity index is 740. The van der Waals surface area contributed by atoms with E-state index in [0.717, 1.165) is 30.2 Å². The maximum Gasteiger partial charge on any atom is 0.274 e. The molecule has 0 radical (unpaired) electrons.